The van der Waals surface area contributed by atoms with Crippen molar-refractivity contribution in [1.29, 1.82) is 0 Å². The number of para-hydroxylation sites is 4. The highest BCUT2D eigenvalue weighted by molar-refractivity contribution is 6.23. The summed E-state index contributed by atoms with van der Waals surface area (Å²) in [4.78, 5) is 14.7. The van der Waals surface area contributed by atoms with Gasteiger partial charge in [0.15, 0.2) is 0 Å². The van der Waals surface area contributed by atoms with E-state index in [0.29, 0.717) is 6.67 Å². The van der Waals surface area contributed by atoms with Crippen molar-refractivity contribution in [3.8, 4) is 67.5 Å². The molecule has 2 aliphatic heterocycles. The van der Waals surface area contributed by atoms with E-state index in [1.165, 1.54) is 72.0 Å². The molecule has 76 heavy (non-hydrogen) atoms. The maximum absolute atomic E-state index is 7.03. The van der Waals surface area contributed by atoms with Crippen LogP contribution in [0.25, 0.3) is 99.6 Å². The Morgan fingerprint density at radius 1 is 0.447 bits per heavy atom. The van der Waals surface area contributed by atoms with Gasteiger partial charge >= 0.3 is 0 Å². The normalized spacial score (nSPS) is 12.8. The third-order valence-electron chi connectivity index (χ3n) is 15.6. The monoisotopic (exact) mass is 978 g/mol. The van der Waals surface area contributed by atoms with E-state index in [4.69, 9.17) is 9.72 Å². The summed E-state index contributed by atoms with van der Waals surface area (Å²) in [6.07, 6.45) is 5.86. The highest BCUT2D eigenvalue weighted by atomic mass is 16.5. The number of aromatic nitrogens is 4. The van der Waals surface area contributed by atoms with E-state index in [1.807, 2.05) is 18.6 Å². The fourth-order valence-electron chi connectivity index (χ4n) is 12.2. The fraction of sp³-hybridized carbons (Fsp3) is 0.0725. The summed E-state index contributed by atoms with van der Waals surface area (Å²) >= 11 is 0. The Hall–Kier alpha value is -9.72. The summed E-state index contributed by atoms with van der Waals surface area (Å²) in [7, 11) is 0. The molecule has 15 rings (SSSR count). The average Bonchev–Trinajstić information content (AvgIpc) is 4.32. The lowest BCUT2D eigenvalue weighted by Crippen LogP contribution is -2.24. The van der Waals surface area contributed by atoms with Crippen LogP contribution in [-0.2, 0) is 5.41 Å². The standard InChI is InChI=1S/C69H50N6O/c1-69(2,3)46-35-38-71-64(39-46)74-60-33-34-61-65(54-24-11-10-23-52(54)55-27-16-28-56-53-36-37-70-42-63(53)75(61)68(55)56)66(60)57-32-31-49(41-62(57)74)76-48-22-14-21-47(40-48)72-43-73(59-30-13-12-29-58(59)72)67-50(44-17-6-4-7-18-44)25-15-26-51(67)45-19-8-5-9-20-45/h4-42H,43H2,1-3H3. The minimum Gasteiger partial charge on any atom is -0.457 e. The Kier molecular flexibility index (Phi) is 9.75. The Morgan fingerprint density at radius 2 is 1.12 bits per heavy atom. The molecule has 0 fully saturated rings. The van der Waals surface area contributed by atoms with Crippen molar-refractivity contribution in [3.63, 3.8) is 0 Å². The van der Waals surface area contributed by atoms with Gasteiger partial charge in [-0.1, -0.05) is 160 Å². The molecule has 7 nitrogen and oxygen atoms in total. The van der Waals surface area contributed by atoms with E-state index < -0.39 is 0 Å². The quantitative estimate of drug-likeness (QED) is 0.159. The van der Waals surface area contributed by atoms with Crippen molar-refractivity contribution in [1.82, 2.24) is 19.1 Å². The van der Waals surface area contributed by atoms with Gasteiger partial charge in [0.2, 0.25) is 0 Å². The van der Waals surface area contributed by atoms with Gasteiger partial charge in [-0.05, 0) is 100.0 Å². The molecule has 9 aromatic carbocycles. The molecule has 0 spiro atoms. The number of pyridine rings is 2. The second kappa shape index (κ2) is 16.9. The number of nitrogens with zero attached hydrogens (tertiary/aromatic N) is 6. The fourth-order valence-corrected chi connectivity index (χ4v) is 12.2. The zero-order valence-corrected chi connectivity index (χ0v) is 42.3. The molecular weight excluding hydrogens is 929 g/mol. The van der Waals surface area contributed by atoms with Crippen molar-refractivity contribution < 1.29 is 4.74 Å². The van der Waals surface area contributed by atoms with Crippen LogP contribution in [-0.4, -0.2) is 25.8 Å². The number of benzene rings is 9. The lowest BCUT2D eigenvalue weighted by atomic mass is 9.88. The molecule has 0 N–H and O–H groups in total. The molecule has 0 amide bonds. The number of rotatable bonds is 7. The van der Waals surface area contributed by atoms with Crippen LogP contribution in [0, 0.1) is 0 Å². The molecule has 362 valence electrons. The van der Waals surface area contributed by atoms with Gasteiger partial charge in [-0.15, -0.1) is 0 Å². The number of hydrogen-bond donors (Lipinski definition) is 0. The molecule has 4 aromatic heterocycles. The number of hydrogen-bond acceptors (Lipinski definition) is 5. The maximum atomic E-state index is 7.03. The predicted octanol–water partition coefficient (Wildman–Crippen LogP) is 18.0. The molecule has 2 aliphatic rings. The first-order chi connectivity index (χ1) is 37.4. The zero-order valence-electron chi connectivity index (χ0n) is 42.3. The van der Waals surface area contributed by atoms with Crippen molar-refractivity contribution in [2.24, 2.45) is 0 Å². The molecule has 0 saturated carbocycles. The number of ether oxygens (including phenoxy) is 1. The van der Waals surface area contributed by atoms with E-state index in [1.54, 1.807) is 0 Å². The second-order valence-corrected chi connectivity index (χ2v) is 21.0. The van der Waals surface area contributed by atoms with Gasteiger partial charge < -0.3 is 19.1 Å². The van der Waals surface area contributed by atoms with Crippen LogP contribution in [0.15, 0.2) is 237 Å². The molecule has 13 aromatic rings. The lowest BCUT2D eigenvalue weighted by Gasteiger charge is -2.27. The van der Waals surface area contributed by atoms with Gasteiger partial charge in [-0.2, -0.15) is 0 Å². The van der Waals surface area contributed by atoms with Crippen LogP contribution in [0.2, 0.25) is 0 Å². The van der Waals surface area contributed by atoms with Crippen LogP contribution >= 0.6 is 0 Å². The average molecular weight is 979 g/mol. The Labute approximate surface area is 440 Å². The molecule has 0 atom stereocenters. The first kappa shape index (κ1) is 43.8. The van der Waals surface area contributed by atoms with Gasteiger partial charge in [0.25, 0.3) is 0 Å². The Balaban J connectivity index is 0.880. The molecule has 0 unspecified atom stereocenters. The first-order valence-corrected chi connectivity index (χ1v) is 26.1. The summed E-state index contributed by atoms with van der Waals surface area (Å²) in [5.41, 5.74) is 20.6. The summed E-state index contributed by atoms with van der Waals surface area (Å²) in [5, 5.41) is 4.67. The zero-order chi connectivity index (χ0) is 50.6. The van der Waals surface area contributed by atoms with Gasteiger partial charge in [-0.25, -0.2) is 4.98 Å². The summed E-state index contributed by atoms with van der Waals surface area (Å²) < 4.78 is 11.8. The molecule has 0 radical (unpaired) electrons. The van der Waals surface area contributed by atoms with Gasteiger partial charge in [0.05, 0.1) is 51.0 Å². The molecule has 7 heteroatoms. The molecule has 0 aliphatic carbocycles. The molecule has 0 saturated heterocycles. The first-order valence-electron chi connectivity index (χ1n) is 26.1. The van der Waals surface area contributed by atoms with Crippen molar-refractivity contribution >= 4 is 66.4 Å². The smallest absolute Gasteiger partial charge is 0.137 e. The Bertz CT molecular complexity index is 4410. The summed E-state index contributed by atoms with van der Waals surface area (Å²) in [5.74, 6) is 2.34. The van der Waals surface area contributed by atoms with Crippen LogP contribution in [0.3, 0.4) is 0 Å². The summed E-state index contributed by atoms with van der Waals surface area (Å²) in [6.45, 7) is 7.38. The third-order valence-corrected chi connectivity index (χ3v) is 15.6. The maximum Gasteiger partial charge on any atom is 0.137 e. The van der Waals surface area contributed by atoms with Crippen molar-refractivity contribution in [3.05, 3.63) is 243 Å². The second-order valence-electron chi connectivity index (χ2n) is 21.0. The Morgan fingerprint density at radius 3 is 1.89 bits per heavy atom. The van der Waals surface area contributed by atoms with E-state index >= 15 is 0 Å². The van der Waals surface area contributed by atoms with Gasteiger partial charge in [-0.3, -0.25) is 9.55 Å². The number of fused-ring (bicyclic) bond motifs is 13. The van der Waals surface area contributed by atoms with Gasteiger partial charge in [0, 0.05) is 74.0 Å². The van der Waals surface area contributed by atoms with Crippen LogP contribution in [0.1, 0.15) is 26.3 Å². The van der Waals surface area contributed by atoms with E-state index in [9.17, 15) is 0 Å². The van der Waals surface area contributed by atoms with Crippen LogP contribution < -0.4 is 14.5 Å². The largest absolute Gasteiger partial charge is 0.457 e. The third kappa shape index (κ3) is 6.75. The lowest BCUT2D eigenvalue weighted by molar-refractivity contribution is 0.483. The number of anilines is 4. The van der Waals surface area contributed by atoms with Crippen molar-refractivity contribution in [2.45, 2.75) is 26.2 Å². The predicted molar refractivity (Wildman–Crippen MR) is 313 cm³/mol. The molecule has 0 bridgehead atoms. The topological polar surface area (TPSA) is 51.4 Å². The van der Waals surface area contributed by atoms with Gasteiger partial charge in [0.1, 0.15) is 24.0 Å². The molecular formula is C69H50N6O. The van der Waals surface area contributed by atoms with Crippen LogP contribution in [0.4, 0.5) is 22.7 Å². The SMILES string of the molecule is CC(C)(C)c1ccnc(-n2c3cc(Oc4cccc(N5CN(c6c(-c7ccccc7)cccc6-c6ccccc6)c6ccccc65)c4)ccc3c3c4c(ccc32)-n2c3cnccc3c3cccc(c32)-c2ccccc2-4)c1. The highest BCUT2D eigenvalue weighted by Crippen LogP contribution is 2.53. The van der Waals surface area contributed by atoms with Crippen molar-refractivity contribution in [2.75, 3.05) is 16.5 Å². The minimum absolute atomic E-state index is 0.0885. The van der Waals surface area contributed by atoms with Crippen LogP contribution in [0.5, 0.6) is 11.5 Å². The minimum atomic E-state index is -0.0885. The van der Waals surface area contributed by atoms with E-state index in [0.717, 1.165) is 67.4 Å². The molecule has 6 heterocycles. The summed E-state index contributed by atoms with van der Waals surface area (Å²) in [6, 6.07) is 78.6. The highest BCUT2D eigenvalue weighted by Gasteiger charge is 2.33. The van der Waals surface area contributed by atoms with E-state index in [2.05, 4.69) is 263 Å². The van der Waals surface area contributed by atoms with E-state index in [-0.39, 0.29) is 5.41 Å².